The van der Waals surface area contributed by atoms with Gasteiger partial charge in [-0.25, -0.2) is 0 Å². The molecular formula is C18H20N2O2P+. The Bertz CT molecular complexity index is 711. The molecule has 3 rings (SSSR count). The molecule has 0 radical (unpaired) electrons. The molecule has 0 aliphatic carbocycles. The molecule has 0 bridgehead atoms. The zero-order chi connectivity index (χ0) is 16.1. The molecule has 23 heavy (non-hydrogen) atoms. The summed E-state index contributed by atoms with van der Waals surface area (Å²) in [6, 6.07) is 19.4. The van der Waals surface area contributed by atoms with E-state index in [1.54, 1.807) is 11.6 Å². The van der Waals surface area contributed by atoms with E-state index in [0.29, 0.717) is 24.6 Å². The Morgan fingerprint density at radius 1 is 0.870 bits per heavy atom. The number of rotatable bonds is 5. The first-order valence-corrected chi connectivity index (χ1v) is 9.43. The van der Waals surface area contributed by atoms with Gasteiger partial charge in [-0.2, -0.15) is 0 Å². The minimum Gasteiger partial charge on any atom is -0.456 e. The maximum Gasteiger partial charge on any atom is 0.198 e. The summed E-state index contributed by atoms with van der Waals surface area (Å²) in [4.78, 5) is 0. The first kappa shape index (κ1) is 15.8. The maximum atomic E-state index is 13.2. The highest BCUT2D eigenvalue weighted by Crippen LogP contribution is 2.53. The van der Waals surface area contributed by atoms with Crippen molar-refractivity contribution in [3.63, 3.8) is 0 Å². The Morgan fingerprint density at radius 3 is 1.78 bits per heavy atom. The normalized spacial score (nSPS) is 16.2. The zero-order valence-corrected chi connectivity index (χ0v) is 13.7. The molecule has 2 aromatic carbocycles. The lowest BCUT2D eigenvalue weighted by Gasteiger charge is -2.23. The molecule has 4 nitrogen and oxygen atoms in total. The van der Waals surface area contributed by atoms with Crippen molar-refractivity contribution in [2.45, 2.75) is 0 Å². The van der Waals surface area contributed by atoms with Gasteiger partial charge in [0.15, 0.2) is 7.29 Å². The molecule has 0 atom stereocenters. The Labute approximate surface area is 136 Å². The van der Waals surface area contributed by atoms with E-state index in [-0.39, 0.29) is 0 Å². The first-order valence-electron chi connectivity index (χ1n) is 7.58. The highest BCUT2D eigenvalue weighted by atomic mass is 31.2. The van der Waals surface area contributed by atoms with E-state index < -0.39 is 7.29 Å². The van der Waals surface area contributed by atoms with Crippen LogP contribution in [-0.4, -0.2) is 13.1 Å². The van der Waals surface area contributed by atoms with E-state index in [1.807, 2.05) is 60.7 Å². The van der Waals surface area contributed by atoms with Crippen LogP contribution in [0.2, 0.25) is 0 Å². The van der Waals surface area contributed by atoms with Crippen molar-refractivity contribution in [1.82, 2.24) is 5.09 Å². The molecule has 0 saturated carbocycles. The predicted molar refractivity (Wildman–Crippen MR) is 93.3 cm³/mol. The van der Waals surface area contributed by atoms with Gasteiger partial charge in [0.2, 0.25) is 0 Å². The number of quaternary nitrogens is 1. The Balaban J connectivity index is 2.01. The van der Waals surface area contributed by atoms with Gasteiger partial charge >= 0.3 is 0 Å². The van der Waals surface area contributed by atoms with Gasteiger partial charge in [0.1, 0.15) is 11.5 Å². The van der Waals surface area contributed by atoms with Crippen molar-refractivity contribution in [2.24, 2.45) is 0 Å². The summed E-state index contributed by atoms with van der Waals surface area (Å²) in [6.07, 6.45) is 0. The molecule has 5 heteroatoms. The van der Waals surface area contributed by atoms with E-state index >= 15 is 0 Å². The zero-order valence-electron chi connectivity index (χ0n) is 12.8. The minimum absolute atomic E-state index is 0.592. The summed E-state index contributed by atoms with van der Waals surface area (Å²) in [6.45, 7) is 1.27. The van der Waals surface area contributed by atoms with Crippen molar-refractivity contribution in [3.05, 3.63) is 83.4 Å². The summed E-state index contributed by atoms with van der Waals surface area (Å²) < 4.78 is 19.2. The number of nitrogens with one attached hydrogen (secondary N) is 1. The number of hydrogen-bond acceptors (Lipinski definition) is 2. The van der Waals surface area contributed by atoms with Gasteiger partial charge in [-0.1, -0.05) is 60.7 Å². The van der Waals surface area contributed by atoms with Crippen LogP contribution in [0, 0.1) is 0 Å². The van der Waals surface area contributed by atoms with Gasteiger partial charge in [0, 0.05) is 22.8 Å². The van der Waals surface area contributed by atoms with Crippen LogP contribution in [0.3, 0.4) is 0 Å². The van der Waals surface area contributed by atoms with Crippen LogP contribution >= 0.6 is 7.29 Å². The summed E-state index contributed by atoms with van der Waals surface area (Å²) in [5.41, 5.74) is 5.62. The summed E-state index contributed by atoms with van der Waals surface area (Å²) in [5.74, 6) is 4.63. The lowest BCUT2D eigenvalue weighted by Crippen LogP contribution is -2.53. The second-order valence-electron chi connectivity index (χ2n) is 5.29. The van der Waals surface area contributed by atoms with E-state index in [9.17, 15) is 4.57 Å². The van der Waals surface area contributed by atoms with Crippen LogP contribution in [0.15, 0.2) is 72.3 Å². The van der Waals surface area contributed by atoms with Crippen LogP contribution in [0.4, 0.5) is 0 Å². The predicted octanol–water partition coefficient (Wildman–Crippen LogP) is 3.12. The van der Waals surface area contributed by atoms with Gasteiger partial charge in [0.05, 0.1) is 13.1 Å². The minimum atomic E-state index is -2.81. The molecule has 0 aromatic heterocycles. The molecule has 0 unspecified atom stereocenters. The van der Waals surface area contributed by atoms with Crippen LogP contribution in [0.25, 0.3) is 11.5 Å². The standard InChI is InChI=1S/C18H19N2O2P/c19-11-12-20-23(21)13-17(15-7-3-1-4-8-15)22-18(14-23)16-9-5-2-6-10-16/h1-10,13-14H,11-12,19H2,(H,20,21)/p+1. The maximum absolute atomic E-state index is 13.2. The first-order chi connectivity index (χ1) is 11.2. The van der Waals surface area contributed by atoms with Crippen molar-refractivity contribution in [2.75, 3.05) is 13.1 Å². The van der Waals surface area contributed by atoms with Crippen molar-refractivity contribution >= 4 is 18.8 Å². The average Bonchev–Trinajstić information content (AvgIpc) is 2.61. The lowest BCUT2D eigenvalue weighted by molar-refractivity contribution is -0.364. The molecule has 4 N–H and O–H groups in total. The number of ether oxygens (including phenoxy) is 1. The molecule has 1 aliphatic rings. The van der Waals surface area contributed by atoms with E-state index in [2.05, 4.69) is 10.8 Å². The van der Waals surface area contributed by atoms with Gasteiger partial charge in [0.25, 0.3) is 0 Å². The largest absolute Gasteiger partial charge is 0.456 e. The fourth-order valence-electron chi connectivity index (χ4n) is 2.37. The van der Waals surface area contributed by atoms with E-state index in [1.165, 1.54) is 0 Å². The van der Waals surface area contributed by atoms with Crippen molar-refractivity contribution < 1.29 is 15.0 Å². The van der Waals surface area contributed by atoms with E-state index in [0.717, 1.165) is 11.1 Å². The summed E-state index contributed by atoms with van der Waals surface area (Å²) in [7, 11) is -2.81. The van der Waals surface area contributed by atoms with Crippen LogP contribution in [0.1, 0.15) is 11.1 Å². The highest BCUT2D eigenvalue weighted by Gasteiger charge is 2.26. The number of hydrogen-bond donors (Lipinski definition) is 2. The van der Waals surface area contributed by atoms with Gasteiger partial charge in [-0.05, 0) is 0 Å². The fourth-order valence-corrected chi connectivity index (χ4v) is 4.24. The molecule has 0 spiro atoms. The molecule has 2 aromatic rings. The summed E-state index contributed by atoms with van der Waals surface area (Å²) >= 11 is 0. The SMILES string of the molecule is [NH3+]CCNP1(=O)C=C(c2ccccc2)OC(c2ccccc2)=C1. The van der Waals surface area contributed by atoms with Gasteiger partial charge < -0.3 is 10.5 Å². The third kappa shape index (κ3) is 3.80. The molecule has 0 saturated heterocycles. The van der Waals surface area contributed by atoms with Crippen LogP contribution in [-0.2, 0) is 9.30 Å². The Morgan fingerprint density at radius 2 is 1.35 bits per heavy atom. The van der Waals surface area contributed by atoms with Crippen molar-refractivity contribution in [3.8, 4) is 0 Å². The Kier molecular flexibility index (Phi) is 4.77. The van der Waals surface area contributed by atoms with Gasteiger partial charge in [-0.3, -0.25) is 9.65 Å². The molecule has 0 amide bonds. The van der Waals surface area contributed by atoms with Crippen molar-refractivity contribution in [1.29, 1.82) is 0 Å². The molecule has 1 heterocycles. The third-order valence-corrected chi connectivity index (χ3v) is 5.44. The quantitative estimate of drug-likeness (QED) is 0.829. The molecule has 118 valence electrons. The fraction of sp³-hybridized carbons (Fsp3) is 0.111. The smallest absolute Gasteiger partial charge is 0.198 e. The monoisotopic (exact) mass is 327 g/mol. The second kappa shape index (κ2) is 6.97. The van der Waals surface area contributed by atoms with Gasteiger partial charge in [-0.15, -0.1) is 0 Å². The Hall–Kier alpha value is -2.13. The number of benzene rings is 2. The van der Waals surface area contributed by atoms with E-state index in [4.69, 9.17) is 4.74 Å². The second-order valence-corrected chi connectivity index (χ2v) is 7.54. The lowest BCUT2D eigenvalue weighted by atomic mass is 10.2. The topological polar surface area (TPSA) is 66.0 Å². The summed E-state index contributed by atoms with van der Waals surface area (Å²) in [5, 5.41) is 3.11. The van der Waals surface area contributed by atoms with Crippen LogP contribution in [0.5, 0.6) is 0 Å². The highest BCUT2D eigenvalue weighted by molar-refractivity contribution is 7.68. The molecule has 1 aliphatic heterocycles. The molecule has 0 fully saturated rings. The molecular weight excluding hydrogens is 307 g/mol. The third-order valence-electron chi connectivity index (χ3n) is 3.49. The van der Waals surface area contributed by atoms with Crippen LogP contribution < -0.4 is 10.8 Å². The average molecular weight is 327 g/mol.